The maximum Gasteiger partial charge on any atom is 0.251 e. The maximum absolute atomic E-state index is 13.0. The number of carbonyl (C=O) groups excluding carboxylic acids is 1. The summed E-state index contributed by atoms with van der Waals surface area (Å²) in [6, 6.07) is 11.4. The Kier molecular flexibility index (Phi) is 7.62. The molecule has 7 heteroatoms. The number of benzene rings is 2. The highest BCUT2D eigenvalue weighted by Gasteiger charge is 2.48. The first-order valence-electron chi connectivity index (χ1n) is 10.9. The number of rotatable bonds is 6. The van der Waals surface area contributed by atoms with E-state index in [0.717, 1.165) is 5.56 Å². The zero-order valence-electron chi connectivity index (χ0n) is 19.3. The number of hydrogen-bond acceptors (Lipinski definition) is 5. The largest absolute Gasteiger partial charge is 0.493 e. The molecule has 1 aliphatic heterocycles. The molecule has 0 aromatic heterocycles. The summed E-state index contributed by atoms with van der Waals surface area (Å²) in [6.45, 7) is 5.92. The van der Waals surface area contributed by atoms with Gasteiger partial charge in [0.05, 0.1) is 13.2 Å². The summed E-state index contributed by atoms with van der Waals surface area (Å²) < 4.78 is 24.3. The van der Waals surface area contributed by atoms with Gasteiger partial charge in [-0.25, -0.2) is 4.39 Å². The van der Waals surface area contributed by atoms with Crippen LogP contribution in [0.25, 0.3) is 0 Å². The molecule has 4 atom stereocenters. The molecule has 176 valence electrons. The number of aliphatic hydroxyl groups excluding tert-OH is 2. The number of methoxy groups -OCH3 is 1. The van der Waals surface area contributed by atoms with Crippen molar-refractivity contribution in [3.8, 4) is 23.3 Å². The van der Waals surface area contributed by atoms with Crippen molar-refractivity contribution >= 4 is 5.91 Å². The van der Waals surface area contributed by atoms with E-state index in [1.54, 1.807) is 37.1 Å². The first kappa shape index (κ1) is 24.6. The minimum Gasteiger partial charge on any atom is -0.493 e. The van der Waals surface area contributed by atoms with E-state index in [4.69, 9.17) is 9.47 Å². The number of nitrogens with zero attached hydrogens (tertiary/aromatic N) is 1. The fraction of sp³-hybridized carbons (Fsp3) is 0.423. The Morgan fingerprint density at radius 1 is 1.21 bits per heavy atom. The zero-order chi connectivity index (χ0) is 24.2. The Bertz CT molecular complexity index is 1040. The average Bonchev–Trinajstić information content (AvgIpc) is 3.16. The fourth-order valence-electron chi connectivity index (χ4n) is 4.16. The van der Waals surface area contributed by atoms with Gasteiger partial charge in [-0.15, -0.1) is 0 Å². The van der Waals surface area contributed by atoms with Crippen LogP contribution in [0.15, 0.2) is 42.5 Å². The molecule has 1 fully saturated rings. The van der Waals surface area contributed by atoms with Crippen LogP contribution in [0, 0.1) is 23.1 Å². The zero-order valence-corrected chi connectivity index (χ0v) is 19.3. The second-order valence-electron chi connectivity index (χ2n) is 8.64. The van der Waals surface area contributed by atoms with Crippen LogP contribution in [0.2, 0.25) is 0 Å². The summed E-state index contributed by atoms with van der Waals surface area (Å²) in [5, 5.41) is 20.3. The van der Waals surface area contributed by atoms with E-state index >= 15 is 0 Å². The van der Waals surface area contributed by atoms with Gasteiger partial charge in [0.15, 0.2) is 11.5 Å². The molecule has 0 radical (unpaired) electrons. The topological polar surface area (TPSA) is 79.2 Å². The number of amides is 1. The summed E-state index contributed by atoms with van der Waals surface area (Å²) in [5.74, 6) is 6.03. The van der Waals surface area contributed by atoms with Gasteiger partial charge in [-0.2, -0.15) is 0 Å². The van der Waals surface area contributed by atoms with Crippen molar-refractivity contribution in [3.63, 3.8) is 0 Å². The monoisotopic (exact) mass is 455 g/mol. The molecule has 1 heterocycles. The Hall–Kier alpha value is -3.08. The molecular weight excluding hydrogens is 425 g/mol. The molecular formula is C26H30FNO5. The van der Waals surface area contributed by atoms with Gasteiger partial charge in [0.2, 0.25) is 0 Å². The average molecular weight is 456 g/mol. The predicted molar refractivity (Wildman–Crippen MR) is 123 cm³/mol. The Morgan fingerprint density at radius 2 is 1.91 bits per heavy atom. The van der Waals surface area contributed by atoms with Crippen molar-refractivity contribution in [3.05, 3.63) is 59.4 Å². The number of likely N-dealkylation sites (tertiary alicyclic amines) is 1. The van der Waals surface area contributed by atoms with Crippen LogP contribution < -0.4 is 9.47 Å². The second kappa shape index (κ2) is 10.2. The lowest BCUT2D eigenvalue weighted by Gasteiger charge is -2.33. The highest BCUT2D eigenvalue weighted by molar-refractivity contribution is 5.80. The summed E-state index contributed by atoms with van der Waals surface area (Å²) in [7, 11) is 1.55. The number of hydrogen-bond donors (Lipinski definition) is 2. The third-order valence-electron chi connectivity index (χ3n) is 6.32. The number of aliphatic hydroxyl groups is 2. The Balaban J connectivity index is 1.82. The van der Waals surface area contributed by atoms with Gasteiger partial charge in [0.25, 0.3) is 5.91 Å². The SMILES string of the molecule is COc1ccc([C@@H]2CN(C(=O)[C@H](C)O)C[C@@]2(C)[C@@H](C)O)cc1OCC#Cc1ccc(F)cc1. The normalized spacial score (nSPS) is 21.7. The third-order valence-corrected chi connectivity index (χ3v) is 6.32. The first-order chi connectivity index (χ1) is 15.7. The molecule has 0 bridgehead atoms. The van der Waals surface area contributed by atoms with Gasteiger partial charge >= 0.3 is 0 Å². The van der Waals surface area contributed by atoms with Crippen LogP contribution in [0.5, 0.6) is 11.5 Å². The lowest BCUT2D eigenvalue weighted by Crippen LogP contribution is -2.40. The van der Waals surface area contributed by atoms with E-state index in [2.05, 4.69) is 11.8 Å². The van der Waals surface area contributed by atoms with Crippen molar-refractivity contribution in [2.75, 3.05) is 26.8 Å². The molecule has 0 spiro atoms. The maximum atomic E-state index is 13.0. The predicted octanol–water partition coefficient (Wildman–Crippen LogP) is 2.96. The van der Waals surface area contributed by atoms with Crippen molar-refractivity contribution in [2.45, 2.75) is 38.9 Å². The Labute approximate surface area is 193 Å². The number of halogens is 1. The van der Waals surface area contributed by atoms with E-state index in [-0.39, 0.29) is 24.2 Å². The van der Waals surface area contributed by atoms with Crippen LogP contribution in [0.3, 0.4) is 0 Å². The van der Waals surface area contributed by atoms with Gasteiger partial charge in [0, 0.05) is 30.0 Å². The molecule has 1 saturated heterocycles. The highest BCUT2D eigenvalue weighted by atomic mass is 19.1. The van der Waals surface area contributed by atoms with E-state index in [1.165, 1.54) is 19.1 Å². The van der Waals surface area contributed by atoms with Gasteiger partial charge in [-0.1, -0.05) is 24.8 Å². The van der Waals surface area contributed by atoms with E-state index in [0.29, 0.717) is 30.2 Å². The van der Waals surface area contributed by atoms with Gasteiger partial charge < -0.3 is 24.6 Å². The third kappa shape index (κ3) is 5.47. The lowest BCUT2D eigenvalue weighted by molar-refractivity contribution is -0.138. The second-order valence-corrected chi connectivity index (χ2v) is 8.64. The van der Waals surface area contributed by atoms with Crippen molar-refractivity contribution < 1.29 is 28.9 Å². The summed E-state index contributed by atoms with van der Waals surface area (Å²) >= 11 is 0. The molecule has 0 unspecified atom stereocenters. The van der Waals surface area contributed by atoms with Crippen molar-refractivity contribution in [1.29, 1.82) is 0 Å². The van der Waals surface area contributed by atoms with Crippen LogP contribution in [0.1, 0.15) is 37.8 Å². The van der Waals surface area contributed by atoms with Crippen LogP contribution in [-0.2, 0) is 4.79 Å². The van der Waals surface area contributed by atoms with Crippen molar-refractivity contribution in [2.24, 2.45) is 5.41 Å². The first-order valence-corrected chi connectivity index (χ1v) is 10.9. The van der Waals surface area contributed by atoms with Crippen molar-refractivity contribution in [1.82, 2.24) is 4.90 Å². The molecule has 1 amide bonds. The van der Waals surface area contributed by atoms with E-state index in [1.807, 2.05) is 19.1 Å². The Morgan fingerprint density at radius 3 is 2.52 bits per heavy atom. The minimum atomic E-state index is -1.10. The summed E-state index contributed by atoms with van der Waals surface area (Å²) in [4.78, 5) is 14.0. The molecule has 2 aromatic carbocycles. The summed E-state index contributed by atoms with van der Waals surface area (Å²) in [6.07, 6.45) is -1.78. The number of carbonyl (C=O) groups is 1. The fourth-order valence-corrected chi connectivity index (χ4v) is 4.16. The highest BCUT2D eigenvalue weighted by Crippen LogP contribution is 2.47. The van der Waals surface area contributed by atoms with Crippen LogP contribution in [0.4, 0.5) is 4.39 Å². The van der Waals surface area contributed by atoms with Crippen LogP contribution in [-0.4, -0.2) is 60.0 Å². The lowest BCUT2D eigenvalue weighted by atomic mass is 9.72. The standard InChI is InChI=1S/C26H30FNO5/c1-17(29)25(31)28-15-22(26(3,16-28)18(2)30)20-9-12-23(32-4)24(14-20)33-13-5-6-19-7-10-21(27)11-8-19/h7-12,14,17-18,22,29-30H,13,15-16H2,1-4H3/t17-,18+,22-,26-/m0/s1. The molecule has 2 aromatic rings. The molecule has 0 aliphatic carbocycles. The van der Waals surface area contributed by atoms with Crippen LogP contribution >= 0.6 is 0 Å². The van der Waals surface area contributed by atoms with Gasteiger partial charge in [-0.3, -0.25) is 4.79 Å². The molecule has 33 heavy (non-hydrogen) atoms. The smallest absolute Gasteiger partial charge is 0.251 e. The molecule has 3 rings (SSSR count). The molecule has 1 aliphatic rings. The van der Waals surface area contributed by atoms with E-state index < -0.39 is 17.6 Å². The molecule has 2 N–H and O–H groups in total. The van der Waals surface area contributed by atoms with Gasteiger partial charge in [-0.05, 0) is 55.8 Å². The van der Waals surface area contributed by atoms with Gasteiger partial charge in [0.1, 0.15) is 18.5 Å². The minimum absolute atomic E-state index is 0.0994. The number of ether oxygens (including phenoxy) is 2. The molecule has 0 saturated carbocycles. The summed E-state index contributed by atoms with van der Waals surface area (Å²) in [5.41, 5.74) is 0.975. The van der Waals surface area contributed by atoms with E-state index in [9.17, 15) is 19.4 Å². The quantitative estimate of drug-likeness (QED) is 0.655. The molecule has 6 nitrogen and oxygen atoms in total.